The zero-order chi connectivity index (χ0) is 12.3. The highest BCUT2D eigenvalue weighted by Gasteiger charge is 2.16. The van der Waals surface area contributed by atoms with Crippen molar-refractivity contribution in [3.63, 3.8) is 0 Å². The van der Waals surface area contributed by atoms with Crippen molar-refractivity contribution in [3.8, 4) is 12.5 Å². The first kappa shape index (κ1) is 11.1. The van der Waals surface area contributed by atoms with Crippen LogP contribution < -0.4 is 11.1 Å². The van der Waals surface area contributed by atoms with Gasteiger partial charge in [0.2, 0.25) is 5.91 Å². The van der Waals surface area contributed by atoms with E-state index in [1.54, 1.807) is 0 Å². The van der Waals surface area contributed by atoms with Crippen molar-refractivity contribution < 1.29 is 4.79 Å². The number of amides is 1. The van der Waals surface area contributed by atoms with Gasteiger partial charge >= 0.3 is 0 Å². The molecule has 0 radical (unpaired) electrons. The smallest absolute Gasteiger partial charge is 0.240 e. The average Bonchev–Trinajstić information content (AvgIpc) is 2.72. The van der Waals surface area contributed by atoms with Crippen LogP contribution in [0.15, 0.2) is 30.5 Å². The number of nitrogens with two attached hydrogens (primary N) is 1. The molecule has 0 fully saturated rings. The monoisotopic (exact) mass is 227 g/mol. The second-order valence-electron chi connectivity index (χ2n) is 3.81. The van der Waals surface area contributed by atoms with Crippen LogP contribution in [0.25, 0.3) is 10.9 Å². The Balaban J connectivity index is 2.28. The number of primary amides is 1. The molecule has 0 saturated carbocycles. The van der Waals surface area contributed by atoms with Gasteiger partial charge in [0.25, 0.3) is 0 Å². The number of para-hydroxylation sites is 1. The van der Waals surface area contributed by atoms with Crippen LogP contribution in [0.5, 0.6) is 0 Å². The Morgan fingerprint density at radius 2 is 2.29 bits per heavy atom. The number of rotatable bonds is 4. The van der Waals surface area contributed by atoms with Gasteiger partial charge in [-0.25, -0.2) is 0 Å². The molecule has 4 nitrogen and oxygen atoms in total. The second-order valence-corrected chi connectivity index (χ2v) is 3.81. The number of terminal acetylenes is 1. The standard InChI is InChI=1S/C13H13N3O/c1-2-15-12(13(14)17)7-9-8-16-11-6-4-3-5-10(9)11/h1,3-6,8,12,15-16H,7H2,(H2,14,17). The van der Waals surface area contributed by atoms with Gasteiger partial charge in [0.1, 0.15) is 6.04 Å². The highest BCUT2D eigenvalue weighted by atomic mass is 16.1. The molecule has 4 heteroatoms. The lowest BCUT2D eigenvalue weighted by Gasteiger charge is -2.11. The van der Waals surface area contributed by atoms with Crippen molar-refractivity contribution >= 4 is 16.8 Å². The van der Waals surface area contributed by atoms with Crippen molar-refractivity contribution in [2.24, 2.45) is 5.73 Å². The van der Waals surface area contributed by atoms with Crippen molar-refractivity contribution in [2.75, 3.05) is 0 Å². The van der Waals surface area contributed by atoms with E-state index in [1.807, 2.05) is 30.5 Å². The van der Waals surface area contributed by atoms with Crippen molar-refractivity contribution in [2.45, 2.75) is 12.5 Å². The third-order valence-corrected chi connectivity index (χ3v) is 2.70. The van der Waals surface area contributed by atoms with E-state index in [0.717, 1.165) is 16.5 Å². The van der Waals surface area contributed by atoms with Crippen molar-refractivity contribution in [1.29, 1.82) is 0 Å². The van der Waals surface area contributed by atoms with E-state index in [9.17, 15) is 4.79 Å². The van der Waals surface area contributed by atoms with Crippen LogP contribution in [-0.4, -0.2) is 16.9 Å². The second kappa shape index (κ2) is 4.62. The predicted molar refractivity (Wildman–Crippen MR) is 67.0 cm³/mol. The normalized spacial score (nSPS) is 11.9. The Morgan fingerprint density at radius 3 is 3.00 bits per heavy atom. The molecule has 0 spiro atoms. The molecule has 1 aromatic heterocycles. The van der Waals surface area contributed by atoms with E-state index in [2.05, 4.69) is 16.3 Å². The first-order valence-electron chi connectivity index (χ1n) is 5.28. The highest BCUT2D eigenvalue weighted by Crippen LogP contribution is 2.18. The number of nitrogens with one attached hydrogen (secondary N) is 2. The van der Waals surface area contributed by atoms with Gasteiger partial charge in [-0.3, -0.25) is 4.79 Å². The first-order valence-corrected chi connectivity index (χ1v) is 5.28. The molecule has 2 rings (SSSR count). The maximum absolute atomic E-state index is 11.2. The van der Waals surface area contributed by atoms with Gasteiger partial charge in [-0.2, -0.15) is 0 Å². The molecule has 0 aliphatic carbocycles. The summed E-state index contributed by atoms with van der Waals surface area (Å²) in [5.74, 6) is -0.451. The summed E-state index contributed by atoms with van der Waals surface area (Å²) < 4.78 is 0. The lowest BCUT2D eigenvalue weighted by atomic mass is 10.0. The maximum Gasteiger partial charge on any atom is 0.240 e. The zero-order valence-electron chi connectivity index (χ0n) is 9.23. The molecule has 1 amide bonds. The molecule has 0 aliphatic rings. The molecular formula is C13H13N3O. The predicted octanol–water partition coefficient (Wildman–Crippen LogP) is 0.745. The Labute approximate surface area is 99.2 Å². The van der Waals surface area contributed by atoms with Crippen LogP contribution in [0.2, 0.25) is 0 Å². The topological polar surface area (TPSA) is 70.9 Å². The van der Waals surface area contributed by atoms with Gasteiger partial charge in [-0.05, 0) is 11.6 Å². The SMILES string of the molecule is C#CNC(Cc1c[nH]c2ccccc12)C(N)=O. The fourth-order valence-electron chi connectivity index (χ4n) is 1.84. The number of aromatic amines is 1. The first-order chi connectivity index (χ1) is 8.22. The third kappa shape index (κ3) is 2.23. The number of carbonyl (C=O) groups is 1. The molecule has 0 aliphatic heterocycles. The molecule has 1 atom stereocenters. The summed E-state index contributed by atoms with van der Waals surface area (Å²) in [7, 11) is 0. The minimum absolute atomic E-state index is 0.451. The fraction of sp³-hybridized carbons (Fsp3) is 0.154. The number of aromatic nitrogens is 1. The average molecular weight is 227 g/mol. The molecule has 1 unspecified atom stereocenters. The molecule has 2 aromatic rings. The Kier molecular flexibility index (Phi) is 3.01. The van der Waals surface area contributed by atoms with E-state index in [-0.39, 0.29) is 0 Å². The molecule has 17 heavy (non-hydrogen) atoms. The van der Waals surface area contributed by atoms with E-state index in [0.29, 0.717) is 6.42 Å². The Hall–Kier alpha value is -2.41. The molecule has 4 N–H and O–H groups in total. The lowest BCUT2D eigenvalue weighted by Crippen LogP contribution is -2.40. The number of hydrogen-bond donors (Lipinski definition) is 3. The summed E-state index contributed by atoms with van der Waals surface area (Å²) in [6, 6.07) is 9.58. The maximum atomic E-state index is 11.2. The summed E-state index contributed by atoms with van der Waals surface area (Å²) in [4.78, 5) is 14.3. The molecule has 86 valence electrons. The van der Waals surface area contributed by atoms with Crippen LogP contribution in [0.4, 0.5) is 0 Å². The third-order valence-electron chi connectivity index (χ3n) is 2.70. The largest absolute Gasteiger partial charge is 0.368 e. The molecule has 1 aromatic carbocycles. The van der Waals surface area contributed by atoms with E-state index < -0.39 is 11.9 Å². The minimum Gasteiger partial charge on any atom is -0.368 e. The number of H-pyrrole nitrogens is 1. The quantitative estimate of drug-likeness (QED) is 0.532. The van der Waals surface area contributed by atoms with Gasteiger partial charge in [0, 0.05) is 29.6 Å². The van der Waals surface area contributed by atoms with Gasteiger partial charge in [0.05, 0.1) is 0 Å². The minimum atomic E-state index is -0.542. The van der Waals surface area contributed by atoms with Crippen molar-refractivity contribution in [3.05, 3.63) is 36.0 Å². The van der Waals surface area contributed by atoms with Crippen LogP contribution in [-0.2, 0) is 11.2 Å². The van der Waals surface area contributed by atoms with E-state index >= 15 is 0 Å². The summed E-state index contributed by atoms with van der Waals surface area (Å²) in [5, 5.41) is 3.71. The van der Waals surface area contributed by atoms with Gasteiger partial charge in [-0.1, -0.05) is 24.6 Å². The Bertz CT molecular complexity index is 580. The molecule has 0 bridgehead atoms. The van der Waals surface area contributed by atoms with Gasteiger partial charge in [0.15, 0.2) is 0 Å². The summed E-state index contributed by atoms with van der Waals surface area (Å²) in [6.07, 6.45) is 7.48. The summed E-state index contributed by atoms with van der Waals surface area (Å²) >= 11 is 0. The number of fused-ring (bicyclic) bond motifs is 1. The van der Waals surface area contributed by atoms with Crippen molar-refractivity contribution in [1.82, 2.24) is 10.3 Å². The zero-order valence-corrected chi connectivity index (χ0v) is 9.23. The fourth-order valence-corrected chi connectivity index (χ4v) is 1.84. The van der Waals surface area contributed by atoms with Gasteiger partial charge in [-0.15, -0.1) is 0 Å². The summed E-state index contributed by atoms with van der Waals surface area (Å²) in [5.41, 5.74) is 7.33. The number of carbonyl (C=O) groups excluding carboxylic acids is 1. The molecular weight excluding hydrogens is 214 g/mol. The molecule has 0 saturated heterocycles. The number of hydrogen-bond acceptors (Lipinski definition) is 2. The summed E-state index contributed by atoms with van der Waals surface area (Å²) in [6.45, 7) is 0. The number of benzene rings is 1. The van der Waals surface area contributed by atoms with E-state index in [1.165, 1.54) is 0 Å². The molecule has 1 heterocycles. The highest BCUT2D eigenvalue weighted by molar-refractivity contribution is 5.85. The Morgan fingerprint density at radius 1 is 1.53 bits per heavy atom. The van der Waals surface area contributed by atoms with Crippen LogP contribution in [0, 0.1) is 12.5 Å². The van der Waals surface area contributed by atoms with E-state index in [4.69, 9.17) is 12.2 Å². The van der Waals surface area contributed by atoms with Gasteiger partial charge < -0.3 is 16.0 Å². The van der Waals surface area contributed by atoms with Crippen LogP contribution >= 0.6 is 0 Å². The van der Waals surface area contributed by atoms with Crippen LogP contribution in [0.1, 0.15) is 5.56 Å². The van der Waals surface area contributed by atoms with Crippen LogP contribution in [0.3, 0.4) is 0 Å². The lowest BCUT2D eigenvalue weighted by molar-refractivity contribution is -0.119.